The lowest BCUT2D eigenvalue weighted by Gasteiger charge is -2.27. The number of hydrogen-bond donors (Lipinski definition) is 0. The third-order valence-corrected chi connectivity index (χ3v) is 5.06. The van der Waals surface area contributed by atoms with Crippen LogP contribution in [0.25, 0.3) is 0 Å². The Morgan fingerprint density at radius 3 is 2.44 bits per heavy atom. The Kier molecular flexibility index (Phi) is 4.76. The summed E-state index contributed by atoms with van der Waals surface area (Å²) >= 11 is 0. The van der Waals surface area contributed by atoms with E-state index in [0.717, 1.165) is 36.7 Å². The fourth-order valence-electron chi connectivity index (χ4n) is 3.55. The first-order valence-electron chi connectivity index (χ1n) is 9.10. The van der Waals surface area contributed by atoms with Crippen LogP contribution in [-0.2, 0) is 10.8 Å². The van der Waals surface area contributed by atoms with Gasteiger partial charge in [-0.1, -0.05) is 34.6 Å². The largest absolute Gasteiger partial charge is 0.355 e. The molecule has 1 aliphatic heterocycles. The van der Waals surface area contributed by atoms with Crippen molar-refractivity contribution in [2.24, 2.45) is 5.92 Å². The number of rotatable bonds is 4. The molecule has 25 heavy (non-hydrogen) atoms. The van der Waals surface area contributed by atoms with E-state index in [0.29, 0.717) is 5.92 Å². The van der Waals surface area contributed by atoms with Gasteiger partial charge < -0.3 is 4.90 Å². The zero-order chi connectivity index (χ0) is 18.1. The van der Waals surface area contributed by atoms with Crippen LogP contribution in [0.2, 0.25) is 0 Å². The molecular weight excluding hydrogens is 310 g/mol. The fraction of sp³-hybridized carbons (Fsp3) is 0.600. The van der Waals surface area contributed by atoms with Gasteiger partial charge in [0.05, 0.1) is 17.6 Å². The topological polar surface area (TPSA) is 54.8 Å². The van der Waals surface area contributed by atoms with Gasteiger partial charge in [-0.25, -0.2) is 4.98 Å². The monoisotopic (exact) mass is 339 g/mol. The van der Waals surface area contributed by atoms with Crippen molar-refractivity contribution in [2.75, 3.05) is 18.0 Å². The van der Waals surface area contributed by atoms with Gasteiger partial charge in [-0.2, -0.15) is 0 Å². The second-order valence-electron chi connectivity index (χ2n) is 8.79. The van der Waals surface area contributed by atoms with Crippen molar-refractivity contribution in [2.45, 2.75) is 58.3 Å². The number of aromatic nitrogens is 4. The molecule has 5 heteroatoms. The summed E-state index contributed by atoms with van der Waals surface area (Å²) in [4.78, 5) is 20.4. The predicted octanol–water partition coefficient (Wildman–Crippen LogP) is 3.76. The highest BCUT2D eigenvalue weighted by atomic mass is 15.2. The van der Waals surface area contributed by atoms with E-state index < -0.39 is 0 Å². The van der Waals surface area contributed by atoms with Gasteiger partial charge >= 0.3 is 0 Å². The molecule has 0 aliphatic carbocycles. The molecule has 134 valence electrons. The lowest BCUT2D eigenvalue weighted by atomic mass is 9.80. The van der Waals surface area contributed by atoms with E-state index in [4.69, 9.17) is 4.98 Å². The third kappa shape index (κ3) is 4.14. The molecule has 0 radical (unpaired) electrons. The van der Waals surface area contributed by atoms with Crippen LogP contribution in [0.15, 0.2) is 31.0 Å². The highest BCUT2D eigenvalue weighted by Gasteiger charge is 2.32. The van der Waals surface area contributed by atoms with Crippen LogP contribution in [0, 0.1) is 5.92 Å². The molecule has 3 heterocycles. The Morgan fingerprint density at radius 1 is 1.00 bits per heavy atom. The summed E-state index contributed by atoms with van der Waals surface area (Å²) in [6.45, 7) is 13.1. The summed E-state index contributed by atoms with van der Waals surface area (Å²) in [6.07, 6.45) is 11.5. The smallest absolute Gasteiger partial charge is 0.147 e. The van der Waals surface area contributed by atoms with E-state index in [2.05, 4.69) is 54.5 Å². The van der Waals surface area contributed by atoms with Crippen molar-refractivity contribution in [1.82, 2.24) is 19.9 Å². The van der Waals surface area contributed by atoms with E-state index in [9.17, 15) is 0 Å². The molecule has 2 aromatic heterocycles. The van der Waals surface area contributed by atoms with Crippen molar-refractivity contribution in [3.63, 3.8) is 0 Å². The summed E-state index contributed by atoms with van der Waals surface area (Å²) in [6, 6.07) is 0. The van der Waals surface area contributed by atoms with Crippen LogP contribution in [-0.4, -0.2) is 33.0 Å². The van der Waals surface area contributed by atoms with Crippen molar-refractivity contribution in [3.05, 3.63) is 42.4 Å². The molecular formula is C20H29N5. The van der Waals surface area contributed by atoms with E-state index in [-0.39, 0.29) is 10.8 Å². The average Bonchev–Trinajstić information content (AvgIpc) is 3.03. The molecule has 1 saturated heterocycles. The lowest BCUT2D eigenvalue weighted by molar-refractivity contribution is 0.372. The maximum absolute atomic E-state index is 4.86. The first-order chi connectivity index (χ1) is 11.8. The lowest BCUT2D eigenvalue weighted by Crippen LogP contribution is -2.27. The van der Waals surface area contributed by atoms with Gasteiger partial charge in [0.15, 0.2) is 0 Å². The zero-order valence-electron chi connectivity index (χ0n) is 16.0. The van der Waals surface area contributed by atoms with Crippen LogP contribution < -0.4 is 4.90 Å². The van der Waals surface area contributed by atoms with Crippen molar-refractivity contribution < 1.29 is 0 Å². The highest BCUT2D eigenvalue weighted by molar-refractivity contribution is 5.38. The number of nitrogens with zero attached hydrogens (tertiary/aromatic N) is 5. The summed E-state index contributed by atoms with van der Waals surface area (Å²) in [5.41, 5.74) is 2.18. The molecule has 2 aromatic rings. The Balaban J connectivity index is 1.68. The van der Waals surface area contributed by atoms with E-state index >= 15 is 0 Å². The number of hydrogen-bond acceptors (Lipinski definition) is 5. The average molecular weight is 339 g/mol. The van der Waals surface area contributed by atoms with Crippen molar-refractivity contribution in [1.29, 1.82) is 0 Å². The molecule has 1 unspecified atom stereocenters. The molecule has 0 N–H and O–H groups in total. The minimum Gasteiger partial charge on any atom is -0.355 e. The van der Waals surface area contributed by atoms with Crippen molar-refractivity contribution >= 4 is 5.82 Å². The number of anilines is 1. The minimum absolute atomic E-state index is 0.0239. The first-order valence-corrected chi connectivity index (χ1v) is 9.10. The summed E-state index contributed by atoms with van der Waals surface area (Å²) in [5.74, 6) is 1.64. The van der Waals surface area contributed by atoms with E-state index in [1.54, 1.807) is 12.4 Å². The molecule has 1 fully saturated rings. The third-order valence-electron chi connectivity index (χ3n) is 5.06. The molecule has 1 aliphatic rings. The summed E-state index contributed by atoms with van der Waals surface area (Å²) in [5, 5.41) is 0. The molecule has 0 amide bonds. The molecule has 1 atom stereocenters. The van der Waals surface area contributed by atoms with Gasteiger partial charge in [-0.3, -0.25) is 15.0 Å². The Morgan fingerprint density at radius 2 is 1.76 bits per heavy atom. The first kappa shape index (κ1) is 17.8. The second-order valence-corrected chi connectivity index (χ2v) is 8.79. The maximum atomic E-state index is 4.86. The Labute approximate surface area is 151 Å². The normalized spacial score (nSPS) is 18.6. The van der Waals surface area contributed by atoms with Crippen LogP contribution in [0.4, 0.5) is 5.82 Å². The van der Waals surface area contributed by atoms with Crippen LogP contribution in [0.3, 0.4) is 0 Å². The maximum Gasteiger partial charge on any atom is 0.147 e. The van der Waals surface area contributed by atoms with Gasteiger partial charge in [0.25, 0.3) is 0 Å². The summed E-state index contributed by atoms with van der Waals surface area (Å²) in [7, 11) is 0. The summed E-state index contributed by atoms with van der Waals surface area (Å²) < 4.78 is 0. The standard InChI is InChI=1S/C20H29N5/c1-19(2,3)16-11-22-13-18(24-16)25-9-6-15(14-25)10-20(4,5)17-12-21-7-8-23-17/h7-8,11-13,15H,6,9-10,14H2,1-5H3. The molecule has 3 rings (SSSR count). The minimum atomic E-state index is 0.0239. The van der Waals surface area contributed by atoms with Crippen molar-refractivity contribution in [3.8, 4) is 0 Å². The highest BCUT2D eigenvalue weighted by Crippen LogP contribution is 2.34. The van der Waals surface area contributed by atoms with Crippen LogP contribution >= 0.6 is 0 Å². The SMILES string of the molecule is CC(C)(C)c1cncc(N2CCC(CC(C)(C)c3cnccn3)C2)n1. The molecule has 0 spiro atoms. The zero-order valence-corrected chi connectivity index (χ0v) is 16.0. The van der Waals surface area contributed by atoms with Gasteiger partial charge in [0.1, 0.15) is 5.82 Å². The van der Waals surface area contributed by atoms with Crippen LogP contribution in [0.1, 0.15) is 58.8 Å². The van der Waals surface area contributed by atoms with Crippen LogP contribution in [0.5, 0.6) is 0 Å². The van der Waals surface area contributed by atoms with Gasteiger partial charge in [-0.15, -0.1) is 0 Å². The molecule has 0 saturated carbocycles. The molecule has 0 bridgehead atoms. The van der Waals surface area contributed by atoms with E-state index in [1.807, 2.05) is 18.6 Å². The fourth-order valence-corrected chi connectivity index (χ4v) is 3.55. The van der Waals surface area contributed by atoms with E-state index in [1.165, 1.54) is 6.42 Å². The molecule has 0 aromatic carbocycles. The predicted molar refractivity (Wildman–Crippen MR) is 101 cm³/mol. The Bertz CT molecular complexity index is 706. The second kappa shape index (κ2) is 6.70. The Hall–Kier alpha value is -2.04. The quantitative estimate of drug-likeness (QED) is 0.849. The molecule has 5 nitrogen and oxygen atoms in total. The van der Waals surface area contributed by atoms with Gasteiger partial charge in [0, 0.05) is 48.7 Å². The van der Waals surface area contributed by atoms with Gasteiger partial charge in [-0.05, 0) is 18.8 Å². The van der Waals surface area contributed by atoms with Gasteiger partial charge in [0.2, 0.25) is 0 Å².